The summed E-state index contributed by atoms with van der Waals surface area (Å²) in [7, 11) is -3.19. The molecule has 2 aromatic rings. The molecule has 4 nitrogen and oxygen atoms in total. The van der Waals surface area contributed by atoms with Gasteiger partial charge in [0.05, 0.1) is 10.6 Å². The minimum atomic E-state index is -3.19. The molecule has 1 aromatic heterocycles. The Balaban J connectivity index is 2.22. The molecule has 0 bridgehead atoms. The van der Waals surface area contributed by atoms with E-state index < -0.39 is 9.84 Å². The summed E-state index contributed by atoms with van der Waals surface area (Å²) >= 11 is 0. The van der Waals surface area contributed by atoms with Crippen molar-refractivity contribution in [3.63, 3.8) is 0 Å². The van der Waals surface area contributed by atoms with Crippen molar-refractivity contribution in [3.05, 3.63) is 48.3 Å². The number of rotatable bonds is 4. The van der Waals surface area contributed by atoms with E-state index in [2.05, 4.69) is 10.3 Å². The van der Waals surface area contributed by atoms with E-state index in [1.165, 1.54) is 6.26 Å². The van der Waals surface area contributed by atoms with E-state index in [1.54, 1.807) is 18.2 Å². The number of hydrogen-bond donors (Lipinski definition) is 2. The van der Waals surface area contributed by atoms with Gasteiger partial charge in [-0.05, 0) is 23.8 Å². The molecule has 0 spiro atoms. The number of aromatic amines is 1. The van der Waals surface area contributed by atoms with Crippen LogP contribution in [0.3, 0.4) is 0 Å². The lowest BCUT2D eigenvalue weighted by Crippen LogP contribution is -2.05. The largest absolute Gasteiger partial charge is 0.380 e. The van der Waals surface area contributed by atoms with E-state index in [-0.39, 0.29) is 0 Å². The van der Waals surface area contributed by atoms with E-state index >= 15 is 0 Å². The first kappa shape index (κ1) is 11.7. The number of H-pyrrole nitrogens is 1. The van der Waals surface area contributed by atoms with Crippen molar-refractivity contribution >= 4 is 15.5 Å². The zero-order valence-corrected chi connectivity index (χ0v) is 10.3. The summed E-state index contributed by atoms with van der Waals surface area (Å²) in [5.74, 6) is 0. The Bertz CT molecular complexity index is 589. The highest BCUT2D eigenvalue weighted by Gasteiger charge is 2.11. The molecule has 0 amide bonds. The first-order valence-electron chi connectivity index (χ1n) is 5.22. The molecule has 0 aliphatic rings. The van der Waals surface area contributed by atoms with E-state index in [4.69, 9.17) is 0 Å². The second-order valence-electron chi connectivity index (χ2n) is 3.84. The molecule has 5 heteroatoms. The van der Waals surface area contributed by atoms with Crippen LogP contribution in [0.1, 0.15) is 5.56 Å². The molecule has 0 radical (unpaired) electrons. The molecule has 1 aromatic carbocycles. The molecule has 1 heterocycles. The average Bonchev–Trinajstić information content (AvgIpc) is 2.78. The normalized spacial score (nSPS) is 11.4. The number of aromatic nitrogens is 1. The van der Waals surface area contributed by atoms with Crippen molar-refractivity contribution in [3.8, 4) is 0 Å². The monoisotopic (exact) mass is 250 g/mol. The second kappa shape index (κ2) is 4.63. The van der Waals surface area contributed by atoms with Gasteiger partial charge in [0.1, 0.15) is 0 Å². The molecular weight excluding hydrogens is 236 g/mol. The van der Waals surface area contributed by atoms with Gasteiger partial charge in [0.2, 0.25) is 0 Å². The third-order valence-electron chi connectivity index (χ3n) is 2.43. The minimum Gasteiger partial charge on any atom is -0.380 e. The Labute approximate surface area is 101 Å². The average molecular weight is 250 g/mol. The van der Waals surface area contributed by atoms with Crippen LogP contribution in [-0.4, -0.2) is 19.7 Å². The van der Waals surface area contributed by atoms with Crippen molar-refractivity contribution in [1.29, 1.82) is 0 Å². The molecule has 2 N–H and O–H groups in total. The van der Waals surface area contributed by atoms with Gasteiger partial charge >= 0.3 is 0 Å². The summed E-state index contributed by atoms with van der Waals surface area (Å²) in [5, 5.41) is 3.12. The molecule has 0 saturated carbocycles. The number of sulfone groups is 1. The third kappa shape index (κ3) is 2.88. The van der Waals surface area contributed by atoms with Gasteiger partial charge in [0.25, 0.3) is 0 Å². The van der Waals surface area contributed by atoms with E-state index in [0.717, 1.165) is 5.56 Å². The first-order chi connectivity index (χ1) is 8.07. The topological polar surface area (TPSA) is 62.0 Å². The Morgan fingerprint density at radius 3 is 2.65 bits per heavy atom. The maximum atomic E-state index is 11.6. The van der Waals surface area contributed by atoms with Crippen LogP contribution < -0.4 is 5.32 Å². The summed E-state index contributed by atoms with van der Waals surface area (Å²) in [6.45, 7) is 0.593. The number of nitrogens with one attached hydrogen (secondary N) is 2. The summed E-state index contributed by atoms with van der Waals surface area (Å²) in [5.41, 5.74) is 1.71. The molecule has 0 atom stereocenters. The Morgan fingerprint density at radius 2 is 2.00 bits per heavy atom. The van der Waals surface area contributed by atoms with Crippen LogP contribution in [0.25, 0.3) is 0 Å². The predicted octanol–water partition coefficient (Wildman–Crippen LogP) is 2.03. The summed E-state index contributed by atoms with van der Waals surface area (Å²) < 4.78 is 23.1. The van der Waals surface area contributed by atoms with Gasteiger partial charge in [-0.2, -0.15) is 0 Å². The second-order valence-corrected chi connectivity index (χ2v) is 5.83. The molecule has 0 saturated heterocycles. The maximum absolute atomic E-state index is 11.6. The van der Waals surface area contributed by atoms with Gasteiger partial charge in [0.15, 0.2) is 9.84 Å². The van der Waals surface area contributed by atoms with Crippen molar-refractivity contribution in [2.24, 2.45) is 0 Å². The smallest absolute Gasteiger partial charge is 0.177 e. The fourth-order valence-corrected chi connectivity index (χ4v) is 2.47. The van der Waals surface area contributed by atoms with Gasteiger partial charge in [-0.25, -0.2) is 8.42 Å². The van der Waals surface area contributed by atoms with E-state index in [9.17, 15) is 8.42 Å². The van der Waals surface area contributed by atoms with Crippen molar-refractivity contribution in [2.75, 3.05) is 11.6 Å². The van der Waals surface area contributed by atoms with Crippen LogP contribution in [0.5, 0.6) is 0 Å². The van der Waals surface area contributed by atoms with Gasteiger partial charge in [-0.15, -0.1) is 0 Å². The molecule has 90 valence electrons. The number of benzene rings is 1. The summed E-state index contributed by atoms with van der Waals surface area (Å²) in [6.07, 6.45) is 4.92. The molecule has 0 fully saturated rings. The van der Waals surface area contributed by atoms with Crippen molar-refractivity contribution in [2.45, 2.75) is 11.4 Å². The molecule has 17 heavy (non-hydrogen) atoms. The van der Waals surface area contributed by atoms with Crippen LogP contribution in [0.15, 0.2) is 47.6 Å². The van der Waals surface area contributed by atoms with E-state index in [1.807, 2.05) is 24.5 Å². The highest BCUT2D eigenvalue weighted by molar-refractivity contribution is 7.90. The van der Waals surface area contributed by atoms with Gasteiger partial charge < -0.3 is 10.3 Å². The number of anilines is 1. The number of para-hydroxylation sites is 1. The van der Waals surface area contributed by atoms with Gasteiger partial charge in [-0.3, -0.25) is 0 Å². The third-order valence-corrected chi connectivity index (χ3v) is 3.59. The van der Waals surface area contributed by atoms with Crippen LogP contribution in [0.4, 0.5) is 5.69 Å². The lowest BCUT2D eigenvalue weighted by Gasteiger charge is -2.09. The Morgan fingerprint density at radius 1 is 1.24 bits per heavy atom. The van der Waals surface area contributed by atoms with Crippen LogP contribution in [-0.2, 0) is 16.4 Å². The lowest BCUT2D eigenvalue weighted by molar-refractivity contribution is 0.602. The molecule has 0 unspecified atom stereocenters. The zero-order chi connectivity index (χ0) is 12.3. The molecule has 2 rings (SSSR count). The molecule has 0 aliphatic carbocycles. The Hall–Kier alpha value is -1.75. The standard InChI is InChI=1S/C12H14N2O2S/c1-17(15,16)12-5-3-2-4-11(12)14-9-10-6-7-13-8-10/h2-8,13-14H,9H2,1H3. The van der Waals surface area contributed by atoms with Crippen LogP contribution >= 0.6 is 0 Å². The maximum Gasteiger partial charge on any atom is 0.177 e. The van der Waals surface area contributed by atoms with Gasteiger partial charge in [-0.1, -0.05) is 12.1 Å². The fraction of sp³-hybridized carbons (Fsp3) is 0.167. The summed E-state index contributed by atoms with van der Waals surface area (Å²) in [6, 6.07) is 8.85. The zero-order valence-electron chi connectivity index (χ0n) is 9.47. The lowest BCUT2D eigenvalue weighted by atomic mass is 10.3. The SMILES string of the molecule is CS(=O)(=O)c1ccccc1NCc1cc[nH]c1. The highest BCUT2D eigenvalue weighted by atomic mass is 32.2. The van der Waals surface area contributed by atoms with E-state index in [0.29, 0.717) is 17.1 Å². The minimum absolute atomic E-state index is 0.329. The summed E-state index contributed by atoms with van der Waals surface area (Å²) in [4.78, 5) is 3.28. The van der Waals surface area contributed by atoms with Crippen LogP contribution in [0.2, 0.25) is 0 Å². The predicted molar refractivity (Wildman–Crippen MR) is 67.7 cm³/mol. The Kier molecular flexibility index (Phi) is 3.19. The molecular formula is C12H14N2O2S. The quantitative estimate of drug-likeness (QED) is 0.872. The number of hydrogen-bond acceptors (Lipinski definition) is 3. The van der Waals surface area contributed by atoms with Crippen molar-refractivity contribution in [1.82, 2.24) is 4.98 Å². The fourth-order valence-electron chi connectivity index (χ4n) is 1.60. The highest BCUT2D eigenvalue weighted by Crippen LogP contribution is 2.21. The van der Waals surface area contributed by atoms with Gasteiger partial charge in [0, 0.05) is 25.2 Å². The molecule has 0 aliphatic heterocycles. The van der Waals surface area contributed by atoms with Crippen LogP contribution in [0, 0.1) is 0 Å². The first-order valence-corrected chi connectivity index (χ1v) is 7.11. The van der Waals surface area contributed by atoms with Crippen molar-refractivity contribution < 1.29 is 8.42 Å².